The Bertz CT molecular complexity index is 610. The Morgan fingerprint density at radius 2 is 1.95 bits per heavy atom. The van der Waals surface area contributed by atoms with E-state index in [0.29, 0.717) is 12.1 Å². The Labute approximate surface area is 124 Å². The highest BCUT2D eigenvalue weighted by Gasteiger charge is 2.12. The number of nitrogens with one attached hydrogen (secondary N) is 2. The van der Waals surface area contributed by atoms with Gasteiger partial charge in [0, 0.05) is 23.2 Å². The van der Waals surface area contributed by atoms with Crippen LogP contribution in [0.2, 0.25) is 0 Å². The van der Waals surface area contributed by atoms with Crippen LogP contribution in [0.4, 0.5) is 0 Å². The molecule has 0 spiro atoms. The monoisotopic (exact) mass is 294 g/mol. The van der Waals surface area contributed by atoms with Crippen LogP contribution >= 0.6 is 12.6 Å². The number of hydrogen-bond acceptors (Lipinski definition) is 4. The number of aromatic amines is 1. The summed E-state index contributed by atoms with van der Waals surface area (Å²) in [5.74, 6) is 0.0754. The van der Waals surface area contributed by atoms with E-state index >= 15 is 0 Å². The van der Waals surface area contributed by atoms with Crippen molar-refractivity contribution in [1.82, 2.24) is 10.3 Å². The van der Waals surface area contributed by atoms with E-state index in [0.717, 1.165) is 10.9 Å². The van der Waals surface area contributed by atoms with E-state index in [1.807, 2.05) is 13.1 Å². The zero-order valence-corrected chi connectivity index (χ0v) is 13.0. The molecule has 0 aliphatic rings. The molecule has 0 fully saturated rings. The number of phenolic OH excluding ortho intramolecular Hbond substituents is 1. The van der Waals surface area contributed by atoms with Crippen molar-refractivity contribution in [3.05, 3.63) is 40.2 Å². The Balaban J connectivity index is 0.000000612. The molecule has 0 amide bonds. The number of benzene rings is 1. The molecule has 3 N–H and O–H groups in total. The number of fused-ring (bicyclic) bond motifs is 1. The van der Waals surface area contributed by atoms with Crippen LogP contribution in [0.5, 0.6) is 5.75 Å². The lowest BCUT2D eigenvalue weighted by atomic mass is 10.0. The van der Waals surface area contributed by atoms with Gasteiger partial charge < -0.3 is 15.4 Å². The highest BCUT2D eigenvalue weighted by atomic mass is 32.1. The summed E-state index contributed by atoms with van der Waals surface area (Å²) in [6.07, 6.45) is 1.25. The number of rotatable bonds is 3. The second-order valence-electron chi connectivity index (χ2n) is 4.57. The number of aromatic hydroxyl groups is 1. The maximum Gasteiger partial charge on any atom is 0.248 e. The minimum Gasteiger partial charge on any atom is -0.506 e. The molecule has 1 heterocycles. The average Bonchev–Trinajstić information content (AvgIpc) is 2.41. The molecule has 4 nitrogen and oxygen atoms in total. The van der Waals surface area contributed by atoms with E-state index in [2.05, 4.69) is 36.8 Å². The SMILES string of the molecule is CCC.CNCC(S)c1ccc(O)c2[nH]c(=O)ccc12. The molecule has 110 valence electrons. The zero-order chi connectivity index (χ0) is 15.1. The fraction of sp³-hybridized carbons (Fsp3) is 0.400. The molecular weight excluding hydrogens is 272 g/mol. The first-order valence-corrected chi connectivity index (χ1v) is 7.24. The van der Waals surface area contributed by atoms with Crippen LogP contribution in [0.15, 0.2) is 29.1 Å². The molecular formula is C15H22N2O2S. The van der Waals surface area contributed by atoms with Crippen LogP contribution in [0.1, 0.15) is 31.1 Å². The van der Waals surface area contributed by atoms with E-state index < -0.39 is 0 Å². The van der Waals surface area contributed by atoms with Crippen molar-refractivity contribution in [1.29, 1.82) is 0 Å². The van der Waals surface area contributed by atoms with E-state index in [9.17, 15) is 9.90 Å². The van der Waals surface area contributed by atoms with Gasteiger partial charge in [0.25, 0.3) is 0 Å². The average molecular weight is 294 g/mol. The van der Waals surface area contributed by atoms with Gasteiger partial charge in [-0.2, -0.15) is 12.6 Å². The third kappa shape index (κ3) is 4.02. The smallest absolute Gasteiger partial charge is 0.248 e. The summed E-state index contributed by atoms with van der Waals surface area (Å²) in [6.45, 7) is 4.96. The van der Waals surface area contributed by atoms with Crippen LogP contribution in [-0.4, -0.2) is 23.7 Å². The predicted octanol–water partition coefficient (Wildman–Crippen LogP) is 2.84. The molecule has 1 atom stereocenters. The summed E-state index contributed by atoms with van der Waals surface area (Å²) in [7, 11) is 1.85. The molecule has 2 aromatic rings. The highest BCUT2D eigenvalue weighted by molar-refractivity contribution is 7.80. The quantitative estimate of drug-likeness (QED) is 0.658. The summed E-state index contributed by atoms with van der Waals surface area (Å²) in [6, 6.07) is 6.56. The molecule has 5 heteroatoms. The van der Waals surface area contributed by atoms with Crippen molar-refractivity contribution in [3.8, 4) is 5.75 Å². The topological polar surface area (TPSA) is 65.1 Å². The molecule has 1 aromatic heterocycles. The van der Waals surface area contributed by atoms with Crippen molar-refractivity contribution >= 4 is 23.5 Å². The lowest BCUT2D eigenvalue weighted by Gasteiger charge is -2.13. The number of pyridine rings is 1. The maximum atomic E-state index is 11.2. The molecule has 2 rings (SSSR count). The third-order valence-electron chi connectivity index (χ3n) is 2.66. The Morgan fingerprint density at radius 1 is 1.30 bits per heavy atom. The summed E-state index contributed by atoms with van der Waals surface area (Å²) >= 11 is 4.50. The lowest BCUT2D eigenvalue weighted by molar-refractivity contribution is 0.480. The summed E-state index contributed by atoms with van der Waals surface area (Å²) < 4.78 is 0. The number of likely N-dealkylation sites (N-methyl/N-ethyl adjacent to an activating group) is 1. The van der Waals surface area contributed by atoms with Crippen LogP contribution in [-0.2, 0) is 0 Å². The third-order valence-corrected chi connectivity index (χ3v) is 3.12. The van der Waals surface area contributed by atoms with Crippen molar-refractivity contribution in [2.24, 2.45) is 0 Å². The fourth-order valence-corrected chi connectivity index (χ4v) is 2.26. The molecule has 0 radical (unpaired) electrons. The number of thiol groups is 1. The van der Waals surface area contributed by atoms with Crippen molar-refractivity contribution < 1.29 is 5.11 Å². The van der Waals surface area contributed by atoms with Gasteiger partial charge in [-0.15, -0.1) is 0 Å². The van der Waals surface area contributed by atoms with Gasteiger partial charge in [0.05, 0.1) is 5.52 Å². The zero-order valence-electron chi connectivity index (χ0n) is 12.1. The molecule has 1 unspecified atom stereocenters. The van der Waals surface area contributed by atoms with Gasteiger partial charge in [0.2, 0.25) is 5.56 Å². The van der Waals surface area contributed by atoms with Crippen molar-refractivity contribution in [2.75, 3.05) is 13.6 Å². The summed E-state index contributed by atoms with van der Waals surface area (Å²) in [5.41, 5.74) is 1.21. The normalized spacial score (nSPS) is 11.8. The largest absolute Gasteiger partial charge is 0.506 e. The molecule has 0 saturated heterocycles. The number of hydrogen-bond donors (Lipinski definition) is 4. The minimum absolute atomic E-state index is 0.00834. The van der Waals surface area contributed by atoms with Crippen molar-refractivity contribution in [3.63, 3.8) is 0 Å². The lowest BCUT2D eigenvalue weighted by Crippen LogP contribution is -2.14. The van der Waals surface area contributed by atoms with Crippen LogP contribution in [0.3, 0.4) is 0 Å². The van der Waals surface area contributed by atoms with Gasteiger partial charge in [-0.05, 0) is 24.7 Å². The molecule has 0 saturated carbocycles. The Kier molecular flexibility index (Phi) is 6.61. The van der Waals surface area contributed by atoms with Gasteiger partial charge in [-0.1, -0.05) is 26.3 Å². The Morgan fingerprint density at radius 3 is 2.55 bits per heavy atom. The van der Waals surface area contributed by atoms with Gasteiger partial charge in [-0.3, -0.25) is 4.79 Å². The van der Waals surface area contributed by atoms with E-state index in [-0.39, 0.29) is 16.6 Å². The highest BCUT2D eigenvalue weighted by Crippen LogP contribution is 2.30. The van der Waals surface area contributed by atoms with E-state index in [4.69, 9.17) is 0 Å². The van der Waals surface area contributed by atoms with E-state index in [1.54, 1.807) is 12.1 Å². The van der Waals surface area contributed by atoms with Gasteiger partial charge in [0.1, 0.15) is 5.75 Å². The van der Waals surface area contributed by atoms with Crippen LogP contribution < -0.4 is 10.9 Å². The van der Waals surface area contributed by atoms with Crippen LogP contribution in [0, 0.1) is 0 Å². The van der Waals surface area contributed by atoms with Gasteiger partial charge in [0.15, 0.2) is 0 Å². The first-order valence-electron chi connectivity index (χ1n) is 6.72. The molecule has 0 bridgehead atoms. The summed E-state index contributed by atoms with van der Waals surface area (Å²) in [5, 5.41) is 13.6. The Hall–Kier alpha value is -1.46. The summed E-state index contributed by atoms with van der Waals surface area (Å²) in [4.78, 5) is 13.9. The molecule has 0 aliphatic carbocycles. The maximum absolute atomic E-state index is 11.2. The molecule has 1 aromatic carbocycles. The van der Waals surface area contributed by atoms with Gasteiger partial charge >= 0.3 is 0 Å². The van der Waals surface area contributed by atoms with E-state index in [1.165, 1.54) is 12.5 Å². The first-order chi connectivity index (χ1) is 9.54. The first kappa shape index (κ1) is 16.6. The number of H-pyrrole nitrogens is 1. The predicted molar refractivity (Wildman–Crippen MR) is 87.9 cm³/mol. The standard InChI is InChI=1S/C12H14N2O2S.C3H8/c1-13-6-10(17)7-2-4-9(15)12-8(7)3-5-11(16)14-12;1-3-2/h2-5,10,13,15,17H,6H2,1H3,(H,14,16);3H2,1-2H3. The van der Waals surface area contributed by atoms with Crippen molar-refractivity contribution in [2.45, 2.75) is 25.5 Å². The molecule has 20 heavy (non-hydrogen) atoms. The second kappa shape index (κ2) is 7.97. The molecule has 0 aliphatic heterocycles. The second-order valence-corrected chi connectivity index (χ2v) is 5.19. The van der Waals surface area contributed by atoms with Crippen LogP contribution in [0.25, 0.3) is 10.9 Å². The number of phenols is 1. The minimum atomic E-state index is -0.228. The number of aromatic nitrogens is 1. The fourth-order valence-electron chi connectivity index (χ4n) is 1.85. The van der Waals surface area contributed by atoms with Gasteiger partial charge in [-0.25, -0.2) is 0 Å².